The normalized spacial score (nSPS) is 9.96. The molecule has 0 aromatic heterocycles. The van der Waals surface area contributed by atoms with Gasteiger partial charge in [0.2, 0.25) is 17.7 Å². The molecule has 0 radical (unpaired) electrons. The zero-order chi connectivity index (χ0) is 17.9. The fourth-order valence-corrected chi connectivity index (χ4v) is 1.84. The summed E-state index contributed by atoms with van der Waals surface area (Å²) in [5.41, 5.74) is 0.598. The minimum atomic E-state index is -0.411. The molecule has 24 heavy (non-hydrogen) atoms. The summed E-state index contributed by atoms with van der Waals surface area (Å²) in [4.78, 5) is 36.4. The maximum Gasteiger partial charge on any atom is 0.243 e. The van der Waals surface area contributed by atoms with Gasteiger partial charge in [-0.05, 0) is 24.3 Å². The van der Waals surface area contributed by atoms with E-state index < -0.39 is 5.91 Å². The largest absolute Gasteiger partial charge is 0.497 e. The van der Waals surface area contributed by atoms with E-state index in [-0.39, 0.29) is 24.9 Å². The van der Waals surface area contributed by atoms with E-state index in [4.69, 9.17) is 9.47 Å². The second kappa shape index (κ2) is 10.2. The molecule has 0 heterocycles. The highest BCUT2D eigenvalue weighted by Gasteiger charge is 2.14. The zero-order valence-corrected chi connectivity index (χ0v) is 14.1. The molecule has 132 valence electrons. The van der Waals surface area contributed by atoms with Crippen LogP contribution in [-0.4, -0.2) is 63.1 Å². The van der Waals surface area contributed by atoms with Crippen molar-refractivity contribution in [2.24, 2.45) is 0 Å². The molecule has 0 saturated heterocycles. The van der Waals surface area contributed by atoms with Crippen molar-refractivity contribution < 1.29 is 23.9 Å². The van der Waals surface area contributed by atoms with Crippen molar-refractivity contribution in [2.45, 2.75) is 6.92 Å². The van der Waals surface area contributed by atoms with E-state index in [0.717, 1.165) is 0 Å². The fourth-order valence-electron chi connectivity index (χ4n) is 1.84. The van der Waals surface area contributed by atoms with Crippen molar-refractivity contribution >= 4 is 23.4 Å². The minimum Gasteiger partial charge on any atom is -0.497 e. The van der Waals surface area contributed by atoms with Crippen LogP contribution in [0.1, 0.15) is 6.92 Å². The van der Waals surface area contributed by atoms with Crippen LogP contribution in [0.2, 0.25) is 0 Å². The Labute approximate surface area is 141 Å². The van der Waals surface area contributed by atoms with Gasteiger partial charge in [-0.15, -0.1) is 0 Å². The summed E-state index contributed by atoms with van der Waals surface area (Å²) in [5.74, 6) is -0.322. The van der Waals surface area contributed by atoms with Gasteiger partial charge in [-0.25, -0.2) is 0 Å². The molecule has 8 heteroatoms. The molecule has 1 rings (SSSR count). The second-order valence-corrected chi connectivity index (χ2v) is 4.99. The number of anilines is 1. The SMILES string of the molecule is COCCN(CC(=O)NCC(=O)Nc1ccc(OC)cc1)C(C)=O. The summed E-state index contributed by atoms with van der Waals surface area (Å²) < 4.78 is 9.91. The summed E-state index contributed by atoms with van der Waals surface area (Å²) in [7, 11) is 3.07. The van der Waals surface area contributed by atoms with Gasteiger partial charge < -0.3 is 25.0 Å². The third kappa shape index (κ3) is 7.10. The number of carbonyl (C=O) groups excluding carboxylic acids is 3. The number of ether oxygens (including phenoxy) is 2. The maximum absolute atomic E-state index is 11.8. The quantitative estimate of drug-likeness (QED) is 0.673. The van der Waals surface area contributed by atoms with E-state index in [2.05, 4.69) is 10.6 Å². The number of hydrogen-bond acceptors (Lipinski definition) is 5. The van der Waals surface area contributed by atoms with Crippen LogP contribution in [0.5, 0.6) is 5.75 Å². The lowest BCUT2D eigenvalue weighted by Gasteiger charge is -2.19. The Morgan fingerprint density at radius 1 is 1.08 bits per heavy atom. The average molecular weight is 337 g/mol. The standard InChI is InChI=1S/C16H23N3O5/c1-12(20)19(8-9-23-2)11-16(22)17-10-15(21)18-13-4-6-14(24-3)7-5-13/h4-7H,8-11H2,1-3H3,(H,17,22)(H,18,21). The van der Waals surface area contributed by atoms with E-state index >= 15 is 0 Å². The first-order valence-corrected chi connectivity index (χ1v) is 7.41. The Balaban J connectivity index is 2.39. The predicted octanol–water partition coefficient (Wildman–Crippen LogP) is 0.245. The molecule has 0 fully saturated rings. The molecule has 0 aliphatic heterocycles. The Kier molecular flexibility index (Phi) is 8.28. The highest BCUT2D eigenvalue weighted by Crippen LogP contribution is 2.14. The van der Waals surface area contributed by atoms with E-state index in [1.807, 2.05) is 0 Å². The number of nitrogens with one attached hydrogen (secondary N) is 2. The lowest BCUT2D eigenvalue weighted by Crippen LogP contribution is -2.43. The third-order valence-electron chi connectivity index (χ3n) is 3.17. The van der Waals surface area contributed by atoms with E-state index in [9.17, 15) is 14.4 Å². The van der Waals surface area contributed by atoms with Crippen molar-refractivity contribution in [1.29, 1.82) is 0 Å². The van der Waals surface area contributed by atoms with Crippen LogP contribution >= 0.6 is 0 Å². The van der Waals surface area contributed by atoms with Crippen molar-refractivity contribution in [3.63, 3.8) is 0 Å². The van der Waals surface area contributed by atoms with Crippen LogP contribution in [0.4, 0.5) is 5.69 Å². The van der Waals surface area contributed by atoms with E-state index in [1.165, 1.54) is 18.9 Å². The summed E-state index contributed by atoms with van der Waals surface area (Å²) in [6.07, 6.45) is 0. The number of nitrogens with zero attached hydrogens (tertiary/aromatic N) is 1. The van der Waals surface area contributed by atoms with Gasteiger partial charge in [-0.3, -0.25) is 14.4 Å². The Morgan fingerprint density at radius 2 is 1.75 bits per heavy atom. The number of methoxy groups -OCH3 is 2. The van der Waals surface area contributed by atoms with Crippen LogP contribution < -0.4 is 15.4 Å². The van der Waals surface area contributed by atoms with Crippen molar-refractivity contribution in [3.05, 3.63) is 24.3 Å². The van der Waals surface area contributed by atoms with Crippen molar-refractivity contribution in [3.8, 4) is 5.75 Å². The van der Waals surface area contributed by atoms with Crippen LogP contribution in [0, 0.1) is 0 Å². The van der Waals surface area contributed by atoms with Crippen molar-refractivity contribution in [2.75, 3.05) is 45.8 Å². The van der Waals surface area contributed by atoms with Crippen LogP contribution in [0.3, 0.4) is 0 Å². The van der Waals surface area contributed by atoms with Gasteiger partial charge in [-0.2, -0.15) is 0 Å². The molecule has 0 atom stereocenters. The van der Waals surface area contributed by atoms with Gasteiger partial charge in [-0.1, -0.05) is 0 Å². The van der Waals surface area contributed by atoms with Crippen LogP contribution in [0.25, 0.3) is 0 Å². The minimum absolute atomic E-state index is 0.117. The summed E-state index contributed by atoms with van der Waals surface area (Å²) in [6.45, 7) is 1.73. The third-order valence-corrected chi connectivity index (χ3v) is 3.17. The van der Waals surface area contributed by atoms with E-state index in [1.54, 1.807) is 31.4 Å². The fraction of sp³-hybridized carbons (Fsp3) is 0.438. The first-order valence-electron chi connectivity index (χ1n) is 7.41. The molecule has 1 aromatic rings. The summed E-state index contributed by atoms with van der Waals surface area (Å²) in [5, 5.41) is 5.13. The summed E-state index contributed by atoms with van der Waals surface area (Å²) in [6, 6.07) is 6.82. The molecule has 1 aromatic carbocycles. The lowest BCUT2D eigenvalue weighted by atomic mass is 10.3. The van der Waals surface area contributed by atoms with Crippen LogP contribution in [0.15, 0.2) is 24.3 Å². The molecule has 0 spiro atoms. The van der Waals surface area contributed by atoms with Gasteiger partial charge in [0, 0.05) is 26.3 Å². The first kappa shape index (κ1) is 19.4. The molecule has 0 bridgehead atoms. The highest BCUT2D eigenvalue weighted by molar-refractivity contribution is 5.95. The van der Waals surface area contributed by atoms with Gasteiger partial charge in [0.1, 0.15) is 5.75 Å². The monoisotopic (exact) mass is 337 g/mol. The highest BCUT2D eigenvalue weighted by atomic mass is 16.5. The maximum atomic E-state index is 11.8. The number of benzene rings is 1. The topological polar surface area (TPSA) is 97.0 Å². The number of rotatable bonds is 9. The van der Waals surface area contributed by atoms with Gasteiger partial charge in [0.05, 0.1) is 26.8 Å². The molecule has 0 saturated carbocycles. The van der Waals surface area contributed by atoms with Gasteiger partial charge in [0.15, 0.2) is 0 Å². The number of carbonyl (C=O) groups is 3. The molecule has 3 amide bonds. The Hall–Kier alpha value is -2.61. The molecular formula is C16H23N3O5. The Morgan fingerprint density at radius 3 is 2.29 bits per heavy atom. The molecule has 2 N–H and O–H groups in total. The van der Waals surface area contributed by atoms with Crippen LogP contribution in [-0.2, 0) is 19.1 Å². The molecule has 8 nitrogen and oxygen atoms in total. The lowest BCUT2D eigenvalue weighted by molar-refractivity contribution is -0.135. The van der Waals surface area contributed by atoms with Crippen molar-refractivity contribution in [1.82, 2.24) is 10.2 Å². The smallest absolute Gasteiger partial charge is 0.243 e. The zero-order valence-electron chi connectivity index (χ0n) is 14.1. The molecule has 0 aliphatic carbocycles. The predicted molar refractivity (Wildman–Crippen MR) is 88.8 cm³/mol. The average Bonchev–Trinajstić information content (AvgIpc) is 2.57. The number of hydrogen-bond donors (Lipinski definition) is 2. The molecular weight excluding hydrogens is 314 g/mol. The Bertz CT molecular complexity index is 559. The van der Waals surface area contributed by atoms with Gasteiger partial charge in [0.25, 0.3) is 0 Å². The van der Waals surface area contributed by atoms with Gasteiger partial charge >= 0.3 is 0 Å². The molecule has 0 unspecified atom stereocenters. The first-order chi connectivity index (χ1) is 11.5. The van der Waals surface area contributed by atoms with E-state index in [0.29, 0.717) is 24.6 Å². The number of amides is 3. The second-order valence-electron chi connectivity index (χ2n) is 4.99. The summed E-state index contributed by atoms with van der Waals surface area (Å²) >= 11 is 0. The molecule has 0 aliphatic rings.